The molecule has 120 valence electrons. The molecule has 1 aromatic carbocycles. The molecule has 0 spiro atoms. The average Bonchev–Trinajstić information content (AvgIpc) is 2.75. The third-order valence-corrected chi connectivity index (χ3v) is 6.74. The Labute approximate surface area is 133 Å². The van der Waals surface area contributed by atoms with E-state index in [4.69, 9.17) is 0 Å². The number of hydrogen-bond acceptors (Lipinski definition) is 2. The van der Waals surface area contributed by atoms with E-state index in [1.165, 1.54) is 12.0 Å². The second kappa shape index (κ2) is 4.84. The highest BCUT2D eigenvalue weighted by Crippen LogP contribution is 2.65. The van der Waals surface area contributed by atoms with Gasteiger partial charge in [0, 0.05) is 11.8 Å². The molecule has 0 radical (unpaired) electrons. The fourth-order valence-corrected chi connectivity index (χ4v) is 4.92. The highest BCUT2D eigenvalue weighted by molar-refractivity contribution is 5.90. The van der Waals surface area contributed by atoms with Gasteiger partial charge in [-0.15, -0.1) is 0 Å². The Kier molecular flexibility index (Phi) is 3.43. The maximum absolute atomic E-state index is 12.7. The first kappa shape index (κ1) is 15.6. The highest BCUT2D eigenvalue weighted by Gasteiger charge is 2.63. The second-order valence-electron chi connectivity index (χ2n) is 8.34. The van der Waals surface area contributed by atoms with Crippen LogP contribution in [0.25, 0.3) is 0 Å². The molecule has 1 N–H and O–H groups in total. The molecule has 2 unspecified atom stereocenters. The number of carbonyl (C=O) groups excluding carboxylic acids is 1. The van der Waals surface area contributed by atoms with Crippen molar-refractivity contribution in [1.82, 2.24) is 0 Å². The third-order valence-electron chi connectivity index (χ3n) is 6.74. The van der Waals surface area contributed by atoms with Gasteiger partial charge in [-0.25, -0.2) is 0 Å². The Morgan fingerprint density at radius 2 is 2.00 bits per heavy atom. The molecular formula is C20H28O2. The predicted octanol–water partition coefficient (Wildman–Crippen LogP) is 4.76. The summed E-state index contributed by atoms with van der Waals surface area (Å²) >= 11 is 0. The van der Waals surface area contributed by atoms with Crippen LogP contribution in [0.5, 0.6) is 5.75 Å². The minimum atomic E-state index is -0.187. The number of Topliss-reactive ketones (excluding diaryl/α,β-unsaturated/α-hetero) is 1. The van der Waals surface area contributed by atoms with E-state index < -0.39 is 0 Å². The minimum absolute atomic E-state index is 0.104. The van der Waals surface area contributed by atoms with Crippen molar-refractivity contribution in [1.29, 1.82) is 0 Å². The summed E-state index contributed by atoms with van der Waals surface area (Å²) in [6.45, 7) is 10.8. The summed E-state index contributed by atoms with van der Waals surface area (Å²) in [7, 11) is 0. The Bertz CT molecular complexity index is 627. The fourth-order valence-electron chi connectivity index (χ4n) is 4.92. The lowest BCUT2D eigenvalue weighted by atomic mass is 9.65. The topological polar surface area (TPSA) is 37.3 Å². The van der Waals surface area contributed by atoms with Crippen LogP contribution < -0.4 is 0 Å². The second-order valence-corrected chi connectivity index (χ2v) is 8.34. The van der Waals surface area contributed by atoms with Gasteiger partial charge in [0.15, 0.2) is 0 Å². The lowest BCUT2D eigenvalue weighted by molar-refractivity contribution is -0.129. The van der Waals surface area contributed by atoms with Gasteiger partial charge in [-0.2, -0.15) is 0 Å². The van der Waals surface area contributed by atoms with Crippen molar-refractivity contribution >= 4 is 5.78 Å². The van der Waals surface area contributed by atoms with Crippen molar-refractivity contribution in [3.05, 3.63) is 28.8 Å². The molecule has 0 amide bonds. The van der Waals surface area contributed by atoms with E-state index in [9.17, 15) is 9.90 Å². The highest BCUT2D eigenvalue weighted by atomic mass is 16.3. The van der Waals surface area contributed by atoms with Crippen molar-refractivity contribution in [3.63, 3.8) is 0 Å². The van der Waals surface area contributed by atoms with Crippen LogP contribution in [0.4, 0.5) is 0 Å². The molecule has 3 rings (SSSR count). The molecule has 22 heavy (non-hydrogen) atoms. The average molecular weight is 300 g/mol. The van der Waals surface area contributed by atoms with Gasteiger partial charge in [0.25, 0.3) is 0 Å². The van der Waals surface area contributed by atoms with Crippen LogP contribution in [0, 0.1) is 23.7 Å². The van der Waals surface area contributed by atoms with Crippen LogP contribution >= 0.6 is 0 Å². The third kappa shape index (κ3) is 1.96. The number of hydrogen-bond donors (Lipinski definition) is 1. The largest absolute Gasteiger partial charge is 0.508 e. The van der Waals surface area contributed by atoms with Gasteiger partial charge in [-0.3, -0.25) is 4.79 Å². The molecule has 2 saturated carbocycles. The number of carbonyl (C=O) groups is 1. The smallest absolute Gasteiger partial charge is 0.140 e. The Hall–Kier alpha value is -1.31. The lowest BCUT2D eigenvalue weighted by Crippen LogP contribution is -2.38. The standard InChI is InChI=1S/C20H28O2/c1-12(2)16-9-14(13(3)8-17(16)21)11-20-7-6-15(10-18(20)22)19(20,4)5/h8-9,12,15,21H,6-7,10-11H2,1-5H3. The van der Waals surface area contributed by atoms with Crippen molar-refractivity contribution in [2.75, 3.05) is 0 Å². The van der Waals surface area contributed by atoms with E-state index in [0.29, 0.717) is 23.4 Å². The van der Waals surface area contributed by atoms with E-state index in [0.717, 1.165) is 30.4 Å². The zero-order chi connectivity index (χ0) is 16.3. The number of benzene rings is 1. The van der Waals surface area contributed by atoms with E-state index in [2.05, 4.69) is 40.7 Å². The van der Waals surface area contributed by atoms with Gasteiger partial charge < -0.3 is 5.11 Å². The fraction of sp³-hybridized carbons (Fsp3) is 0.650. The molecule has 0 aliphatic heterocycles. The molecular weight excluding hydrogens is 272 g/mol. The van der Waals surface area contributed by atoms with Crippen LogP contribution in [0.3, 0.4) is 0 Å². The molecule has 0 heterocycles. The van der Waals surface area contributed by atoms with E-state index in [-0.39, 0.29) is 10.8 Å². The van der Waals surface area contributed by atoms with Crippen molar-refractivity contribution in [3.8, 4) is 5.75 Å². The SMILES string of the molecule is Cc1cc(O)c(C(C)C)cc1CC12CCC(CC1=O)C2(C)C. The molecule has 1 aromatic rings. The first-order chi connectivity index (χ1) is 10.2. The van der Waals surface area contributed by atoms with Crippen LogP contribution in [-0.4, -0.2) is 10.9 Å². The molecule has 2 aliphatic rings. The van der Waals surface area contributed by atoms with Gasteiger partial charge >= 0.3 is 0 Å². The molecule has 2 fully saturated rings. The number of aryl methyl sites for hydroxylation is 1. The van der Waals surface area contributed by atoms with Crippen molar-refractivity contribution in [2.45, 2.75) is 66.2 Å². The zero-order valence-electron chi connectivity index (χ0n) is 14.5. The summed E-state index contributed by atoms with van der Waals surface area (Å²) in [5.41, 5.74) is 3.26. The first-order valence-corrected chi connectivity index (χ1v) is 8.55. The minimum Gasteiger partial charge on any atom is -0.508 e. The van der Waals surface area contributed by atoms with Crippen molar-refractivity contribution in [2.24, 2.45) is 16.7 Å². The summed E-state index contributed by atoms with van der Waals surface area (Å²) in [6.07, 6.45) is 3.82. The number of fused-ring (bicyclic) bond motifs is 2. The Morgan fingerprint density at radius 3 is 2.50 bits per heavy atom. The number of ketones is 1. The monoisotopic (exact) mass is 300 g/mol. The van der Waals surface area contributed by atoms with Gasteiger partial charge in [0.2, 0.25) is 0 Å². The van der Waals surface area contributed by atoms with Crippen LogP contribution in [-0.2, 0) is 11.2 Å². The summed E-state index contributed by atoms with van der Waals surface area (Å²) < 4.78 is 0. The molecule has 2 bridgehead atoms. The van der Waals surface area contributed by atoms with Gasteiger partial charge in [0.1, 0.15) is 11.5 Å². The molecule has 2 atom stereocenters. The predicted molar refractivity (Wildman–Crippen MR) is 89.2 cm³/mol. The van der Waals surface area contributed by atoms with E-state index in [1.807, 2.05) is 6.07 Å². The van der Waals surface area contributed by atoms with Gasteiger partial charge in [0.05, 0.1) is 0 Å². The summed E-state index contributed by atoms with van der Waals surface area (Å²) in [6, 6.07) is 4.01. The number of phenols is 1. The number of phenolic OH excluding ortho intramolecular Hbond substituents is 1. The molecule has 0 saturated heterocycles. The summed E-state index contributed by atoms with van der Waals surface area (Å²) in [5, 5.41) is 10.2. The Balaban J connectivity index is 2.03. The van der Waals surface area contributed by atoms with Gasteiger partial charge in [-0.1, -0.05) is 33.8 Å². The molecule has 2 aliphatic carbocycles. The molecule has 2 heteroatoms. The maximum atomic E-state index is 12.7. The molecule has 0 aromatic heterocycles. The number of rotatable bonds is 3. The van der Waals surface area contributed by atoms with Crippen LogP contribution in [0.2, 0.25) is 0 Å². The lowest BCUT2D eigenvalue weighted by Gasteiger charge is -2.37. The first-order valence-electron chi connectivity index (χ1n) is 8.55. The van der Waals surface area contributed by atoms with E-state index >= 15 is 0 Å². The normalized spacial score (nSPS) is 29.5. The summed E-state index contributed by atoms with van der Waals surface area (Å²) in [5.74, 6) is 1.70. The maximum Gasteiger partial charge on any atom is 0.140 e. The van der Waals surface area contributed by atoms with Crippen LogP contribution in [0.15, 0.2) is 12.1 Å². The van der Waals surface area contributed by atoms with Crippen molar-refractivity contribution < 1.29 is 9.90 Å². The summed E-state index contributed by atoms with van der Waals surface area (Å²) in [4.78, 5) is 12.7. The number of aromatic hydroxyl groups is 1. The van der Waals surface area contributed by atoms with Crippen LogP contribution in [0.1, 0.15) is 69.6 Å². The molecule has 2 nitrogen and oxygen atoms in total. The zero-order valence-corrected chi connectivity index (χ0v) is 14.5. The van der Waals surface area contributed by atoms with Gasteiger partial charge in [-0.05, 0) is 66.2 Å². The Morgan fingerprint density at radius 1 is 1.32 bits per heavy atom. The van der Waals surface area contributed by atoms with E-state index in [1.54, 1.807) is 0 Å². The quantitative estimate of drug-likeness (QED) is 0.873.